The summed E-state index contributed by atoms with van der Waals surface area (Å²) >= 11 is 0. The number of anilines is 1. The molecule has 1 fully saturated rings. The van der Waals surface area contributed by atoms with E-state index in [9.17, 15) is 14.7 Å². The minimum Gasteiger partial charge on any atom is -0.507 e. The Morgan fingerprint density at radius 2 is 1.67 bits per heavy atom. The van der Waals surface area contributed by atoms with E-state index >= 15 is 0 Å². The van der Waals surface area contributed by atoms with Crippen LogP contribution in [-0.4, -0.2) is 29.5 Å². The second-order valence-electron chi connectivity index (χ2n) is 11.1. The van der Waals surface area contributed by atoms with Crippen molar-refractivity contribution in [2.24, 2.45) is 0 Å². The number of hydrogen-bond donors (Lipinski definition) is 1. The molecule has 204 valence electrons. The molecular weight excluding hydrogens is 490 g/mol. The molecule has 1 aliphatic heterocycles. The number of Topliss-reactive ketones (excluding diaryl/α,β-unsaturated/α-hetero) is 1. The van der Waals surface area contributed by atoms with Crippen molar-refractivity contribution in [3.05, 3.63) is 94.6 Å². The van der Waals surface area contributed by atoms with Gasteiger partial charge < -0.3 is 14.6 Å². The number of ether oxygens (including phenoxy) is 2. The summed E-state index contributed by atoms with van der Waals surface area (Å²) < 4.78 is 11.5. The van der Waals surface area contributed by atoms with Crippen molar-refractivity contribution in [1.82, 2.24) is 0 Å². The number of rotatable bonds is 7. The monoisotopic (exact) mass is 527 g/mol. The van der Waals surface area contributed by atoms with Gasteiger partial charge in [-0.3, -0.25) is 14.5 Å². The van der Waals surface area contributed by atoms with Crippen LogP contribution in [0.25, 0.3) is 5.76 Å². The standard InChI is InChI=1S/C33H37NO5/c1-8-38-26-11-9-10-24(19-26)34-29(22-13-16-25(17-14-22)39-20(2)3)28(31(36)32(34)37)30(35)27-18-23(33(5,6)7)15-12-21(27)4/h9-20,29,35H,8H2,1-7H3/b30-28+. The van der Waals surface area contributed by atoms with Crippen molar-refractivity contribution in [3.8, 4) is 11.5 Å². The number of aryl methyl sites for hydroxylation is 1. The number of carbonyl (C=O) groups is 2. The van der Waals surface area contributed by atoms with Gasteiger partial charge in [-0.25, -0.2) is 0 Å². The summed E-state index contributed by atoms with van der Waals surface area (Å²) in [5.74, 6) is -0.361. The molecule has 1 N–H and O–H groups in total. The average Bonchev–Trinajstić information content (AvgIpc) is 3.14. The van der Waals surface area contributed by atoms with Crippen molar-refractivity contribution in [1.29, 1.82) is 0 Å². The molecule has 6 nitrogen and oxygen atoms in total. The maximum absolute atomic E-state index is 13.6. The quantitative estimate of drug-likeness (QED) is 0.201. The van der Waals surface area contributed by atoms with Gasteiger partial charge in [-0.2, -0.15) is 0 Å². The first kappa shape index (κ1) is 28.0. The van der Waals surface area contributed by atoms with Crippen LogP contribution in [0.15, 0.2) is 72.3 Å². The average molecular weight is 528 g/mol. The molecule has 0 spiro atoms. The van der Waals surface area contributed by atoms with Crippen LogP contribution in [0.3, 0.4) is 0 Å². The van der Waals surface area contributed by atoms with Crippen LogP contribution < -0.4 is 14.4 Å². The molecule has 3 aromatic rings. The summed E-state index contributed by atoms with van der Waals surface area (Å²) in [6, 6.07) is 19.4. The van der Waals surface area contributed by atoms with E-state index in [0.29, 0.717) is 34.9 Å². The zero-order valence-corrected chi connectivity index (χ0v) is 23.7. The molecule has 1 aliphatic rings. The highest BCUT2D eigenvalue weighted by Gasteiger charge is 2.47. The van der Waals surface area contributed by atoms with Crippen molar-refractivity contribution in [2.45, 2.75) is 66.0 Å². The number of aliphatic hydroxyl groups is 1. The zero-order valence-electron chi connectivity index (χ0n) is 23.7. The topological polar surface area (TPSA) is 76.1 Å². The lowest BCUT2D eigenvalue weighted by Crippen LogP contribution is -2.29. The number of benzene rings is 3. The van der Waals surface area contributed by atoms with E-state index in [1.807, 2.05) is 70.2 Å². The molecule has 0 aliphatic carbocycles. The van der Waals surface area contributed by atoms with E-state index in [1.165, 1.54) is 4.90 Å². The van der Waals surface area contributed by atoms with Gasteiger partial charge in [-0.15, -0.1) is 0 Å². The van der Waals surface area contributed by atoms with Gasteiger partial charge in [-0.1, -0.05) is 51.1 Å². The molecule has 0 bridgehead atoms. The molecule has 1 unspecified atom stereocenters. The van der Waals surface area contributed by atoms with Crippen LogP contribution in [0.5, 0.6) is 11.5 Å². The third kappa shape index (κ3) is 5.70. The van der Waals surface area contributed by atoms with Gasteiger partial charge >= 0.3 is 0 Å². The first-order chi connectivity index (χ1) is 18.4. The molecule has 39 heavy (non-hydrogen) atoms. The third-order valence-electron chi connectivity index (χ3n) is 6.78. The Labute approximate surface area is 230 Å². The summed E-state index contributed by atoms with van der Waals surface area (Å²) in [7, 11) is 0. The molecule has 3 aromatic carbocycles. The Balaban J connectivity index is 1.93. The molecule has 6 heteroatoms. The van der Waals surface area contributed by atoms with Gasteiger partial charge in [-0.05, 0) is 80.1 Å². The smallest absolute Gasteiger partial charge is 0.300 e. The lowest BCUT2D eigenvalue weighted by atomic mass is 9.84. The molecule has 0 radical (unpaired) electrons. The first-order valence-corrected chi connectivity index (χ1v) is 13.3. The van der Waals surface area contributed by atoms with Gasteiger partial charge in [0.1, 0.15) is 17.3 Å². The second-order valence-corrected chi connectivity index (χ2v) is 11.1. The largest absolute Gasteiger partial charge is 0.507 e. The molecule has 1 saturated heterocycles. The van der Waals surface area contributed by atoms with Crippen LogP contribution in [0.2, 0.25) is 0 Å². The van der Waals surface area contributed by atoms with E-state index in [1.54, 1.807) is 24.3 Å². The maximum Gasteiger partial charge on any atom is 0.300 e. The highest BCUT2D eigenvalue weighted by molar-refractivity contribution is 6.51. The fraction of sp³-hybridized carbons (Fsp3) is 0.333. The van der Waals surface area contributed by atoms with Crippen LogP contribution in [0.1, 0.15) is 69.8 Å². The summed E-state index contributed by atoms with van der Waals surface area (Å²) in [4.78, 5) is 28.7. The van der Waals surface area contributed by atoms with Gasteiger partial charge in [0.25, 0.3) is 11.7 Å². The van der Waals surface area contributed by atoms with Gasteiger partial charge in [0.15, 0.2) is 0 Å². The molecular formula is C33H37NO5. The molecule has 1 heterocycles. The summed E-state index contributed by atoms with van der Waals surface area (Å²) in [6.45, 7) is 14.4. The Morgan fingerprint density at radius 1 is 0.974 bits per heavy atom. The van der Waals surface area contributed by atoms with E-state index in [-0.39, 0.29) is 22.9 Å². The van der Waals surface area contributed by atoms with Crippen molar-refractivity contribution >= 4 is 23.1 Å². The first-order valence-electron chi connectivity index (χ1n) is 13.3. The van der Waals surface area contributed by atoms with E-state index in [0.717, 1.165) is 11.1 Å². The lowest BCUT2D eigenvalue weighted by Gasteiger charge is -2.26. The minimum absolute atomic E-state index is 0.000796. The number of amides is 1. The fourth-order valence-electron chi connectivity index (χ4n) is 4.79. The van der Waals surface area contributed by atoms with Crippen molar-refractivity contribution < 1.29 is 24.2 Å². The van der Waals surface area contributed by atoms with Crippen molar-refractivity contribution in [2.75, 3.05) is 11.5 Å². The highest BCUT2D eigenvalue weighted by Crippen LogP contribution is 2.44. The Bertz CT molecular complexity index is 1410. The predicted octanol–water partition coefficient (Wildman–Crippen LogP) is 7.10. The van der Waals surface area contributed by atoms with E-state index < -0.39 is 17.7 Å². The third-order valence-corrected chi connectivity index (χ3v) is 6.78. The van der Waals surface area contributed by atoms with Gasteiger partial charge in [0.05, 0.1) is 24.3 Å². The zero-order chi connectivity index (χ0) is 28.5. The Kier molecular flexibility index (Phi) is 7.86. The SMILES string of the molecule is CCOc1cccc(N2C(=O)C(=O)/C(=C(/O)c3cc(C(C)(C)C)ccc3C)C2c2ccc(OC(C)C)cc2)c1. The summed E-state index contributed by atoms with van der Waals surface area (Å²) in [5.41, 5.74) is 3.43. The highest BCUT2D eigenvalue weighted by atomic mass is 16.5. The van der Waals surface area contributed by atoms with Crippen LogP contribution in [0.4, 0.5) is 5.69 Å². The molecule has 1 atom stereocenters. The van der Waals surface area contributed by atoms with Crippen LogP contribution >= 0.6 is 0 Å². The molecule has 0 saturated carbocycles. The number of nitrogens with zero attached hydrogens (tertiary/aromatic N) is 1. The Hall–Kier alpha value is -4.06. The summed E-state index contributed by atoms with van der Waals surface area (Å²) in [5, 5.41) is 11.7. The number of aliphatic hydroxyl groups excluding tert-OH is 1. The molecule has 4 rings (SSSR count). The lowest BCUT2D eigenvalue weighted by molar-refractivity contribution is -0.132. The van der Waals surface area contributed by atoms with Crippen LogP contribution in [0, 0.1) is 6.92 Å². The normalized spacial score (nSPS) is 17.1. The van der Waals surface area contributed by atoms with E-state index in [2.05, 4.69) is 20.8 Å². The second kappa shape index (κ2) is 11.0. The van der Waals surface area contributed by atoms with Gasteiger partial charge in [0, 0.05) is 17.3 Å². The fourth-order valence-corrected chi connectivity index (χ4v) is 4.79. The van der Waals surface area contributed by atoms with Crippen molar-refractivity contribution in [3.63, 3.8) is 0 Å². The minimum atomic E-state index is -0.840. The number of carbonyl (C=O) groups excluding carboxylic acids is 2. The van der Waals surface area contributed by atoms with E-state index in [4.69, 9.17) is 9.47 Å². The van der Waals surface area contributed by atoms with Gasteiger partial charge in [0.2, 0.25) is 0 Å². The molecule has 1 amide bonds. The molecule has 0 aromatic heterocycles. The number of ketones is 1. The maximum atomic E-state index is 13.6. The van der Waals surface area contributed by atoms with Crippen LogP contribution in [-0.2, 0) is 15.0 Å². The summed E-state index contributed by atoms with van der Waals surface area (Å²) in [6.07, 6.45) is 0.000796. The predicted molar refractivity (Wildman–Crippen MR) is 154 cm³/mol. The Morgan fingerprint density at radius 3 is 2.28 bits per heavy atom. The number of hydrogen-bond acceptors (Lipinski definition) is 5.